The minimum atomic E-state index is -3.04. The van der Waals surface area contributed by atoms with E-state index < -0.39 is 30.5 Å². The number of rotatable bonds is 16. The lowest BCUT2D eigenvalue weighted by Crippen LogP contribution is -2.60. The highest BCUT2D eigenvalue weighted by Gasteiger charge is 2.48. The molecule has 0 radical (unpaired) electrons. The van der Waals surface area contributed by atoms with E-state index in [-0.39, 0.29) is 37.2 Å². The molecule has 0 aliphatic carbocycles. The van der Waals surface area contributed by atoms with Gasteiger partial charge in [0.15, 0.2) is 6.29 Å². The highest BCUT2D eigenvalue weighted by Crippen LogP contribution is 2.40. The molecule has 334 valence electrons. The lowest BCUT2D eigenvalue weighted by molar-refractivity contribution is -0.137. The predicted molar refractivity (Wildman–Crippen MR) is 235 cm³/mol. The number of piperidine rings is 3. The zero-order valence-electron chi connectivity index (χ0n) is 36.5. The average Bonchev–Trinajstić information content (AvgIpc) is 3.67. The van der Waals surface area contributed by atoms with Gasteiger partial charge in [-0.2, -0.15) is 0 Å². The summed E-state index contributed by atoms with van der Waals surface area (Å²) in [6, 6.07) is 8.68. The van der Waals surface area contributed by atoms with Gasteiger partial charge in [0.1, 0.15) is 17.8 Å². The van der Waals surface area contributed by atoms with Crippen molar-refractivity contribution in [2.45, 2.75) is 69.2 Å². The Bertz CT molecular complexity index is 2160. The van der Waals surface area contributed by atoms with E-state index in [1.807, 2.05) is 61.2 Å². The third-order valence-corrected chi connectivity index (χ3v) is 13.0. The first-order chi connectivity index (χ1) is 29.5. The van der Waals surface area contributed by atoms with Gasteiger partial charge in [-0.15, -0.1) is 11.3 Å². The zero-order chi connectivity index (χ0) is 44.9. The number of methoxy groups -OCH3 is 2. The van der Waals surface area contributed by atoms with E-state index >= 15 is 8.78 Å². The predicted octanol–water partition coefficient (Wildman–Crippen LogP) is 4.75. The first kappa shape index (κ1) is 46.3. The summed E-state index contributed by atoms with van der Waals surface area (Å²) in [6.45, 7) is 1.46. The van der Waals surface area contributed by atoms with Crippen molar-refractivity contribution in [1.29, 1.82) is 0 Å². The van der Waals surface area contributed by atoms with Crippen LogP contribution in [0.2, 0.25) is 0 Å². The van der Waals surface area contributed by atoms with E-state index in [0.29, 0.717) is 101 Å². The normalized spacial score (nSPS) is 20.0. The molecule has 17 heteroatoms. The third kappa shape index (κ3) is 10.5. The Morgan fingerprint density at radius 2 is 1.60 bits per heavy atom. The first-order valence-corrected chi connectivity index (χ1v) is 21.5. The first-order valence-electron chi connectivity index (χ1n) is 20.7. The van der Waals surface area contributed by atoms with Crippen molar-refractivity contribution in [3.05, 3.63) is 80.2 Å². The Balaban J connectivity index is 1.09. The summed E-state index contributed by atoms with van der Waals surface area (Å²) < 4.78 is 43.6. The van der Waals surface area contributed by atoms with E-state index in [0.717, 1.165) is 17.4 Å². The van der Waals surface area contributed by atoms with Crippen LogP contribution in [0.4, 0.5) is 14.5 Å². The molecule has 3 aromatic rings. The summed E-state index contributed by atoms with van der Waals surface area (Å²) in [5.41, 5.74) is 4.28. The molecule has 0 saturated carbocycles. The zero-order valence-corrected chi connectivity index (χ0v) is 37.3. The van der Waals surface area contributed by atoms with Crippen molar-refractivity contribution in [3.8, 4) is 11.5 Å². The number of thiophene rings is 1. The van der Waals surface area contributed by atoms with Crippen LogP contribution < -0.4 is 25.0 Å². The van der Waals surface area contributed by atoms with Crippen LogP contribution in [0.15, 0.2) is 42.6 Å². The molecule has 14 nitrogen and oxygen atoms in total. The number of hydrogen-bond donors (Lipinski definition) is 2. The highest BCUT2D eigenvalue weighted by molar-refractivity contribution is 7.15. The number of nitrogens with one attached hydrogen (secondary N) is 2. The number of anilines is 1. The average molecular weight is 878 g/mol. The Hall–Kier alpha value is -5.23. The lowest BCUT2D eigenvalue weighted by Gasteiger charge is -2.46. The number of carbonyl (C=O) groups is 5. The van der Waals surface area contributed by atoms with Crippen molar-refractivity contribution in [1.82, 2.24) is 30.2 Å². The number of ether oxygens (including phenoxy) is 2. The van der Waals surface area contributed by atoms with Crippen LogP contribution in [0.3, 0.4) is 0 Å². The third-order valence-electron chi connectivity index (χ3n) is 11.8. The molecular weight excluding hydrogens is 821 g/mol. The number of likely N-dealkylation sites (tertiary alicyclic amines) is 1. The van der Waals surface area contributed by atoms with Crippen LogP contribution in [-0.4, -0.2) is 150 Å². The molecular formula is C45H57F2N7O7S. The number of halogens is 2. The van der Waals surface area contributed by atoms with Gasteiger partial charge in [-0.3, -0.25) is 39.1 Å². The Labute approximate surface area is 365 Å². The molecule has 6 rings (SSSR count). The van der Waals surface area contributed by atoms with Gasteiger partial charge in [0.2, 0.25) is 11.8 Å². The van der Waals surface area contributed by atoms with Gasteiger partial charge >= 0.3 is 0 Å². The molecule has 3 fully saturated rings. The number of likely N-dealkylation sites (N-methyl/N-ethyl adjacent to an activating group) is 1. The molecule has 2 aromatic carbocycles. The van der Waals surface area contributed by atoms with Gasteiger partial charge in [0.25, 0.3) is 11.8 Å². The minimum absolute atomic E-state index is 0.217. The van der Waals surface area contributed by atoms with Crippen LogP contribution in [0, 0.1) is 0 Å². The quantitative estimate of drug-likeness (QED) is 0.152. The van der Waals surface area contributed by atoms with Crippen molar-refractivity contribution in [3.63, 3.8) is 0 Å². The van der Waals surface area contributed by atoms with Gasteiger partial charge in [0, 0.05) is 92.7 Å². The standard InChI is InChI=1S/C45H57F2N7O7S/c1-50(2)23-34(29-19-37(60-6)35(24-51(3)4)38(20-29)61-7)42-31(26-56)21-39(62-42)44(59)48-32-12-15-53(16-13-32)40-14-17-54(27-45(40,46)47)33-9-8-28(25-55)30(18-33)22-52(5)36-10-11-41(57)49-43(36)58/h8-9,18-21,23,25-26,32,36,40H,10-17,22,24,27H2,1-7H3,(H,48,59)(H,49,57,58)/b34-23-. The number of alkyl halides is 2. The Morgan fingerprint density at radius 1 is 0.919 bits per heavy atom. The van der Waals surface area contributed by atoms with Gasteiger partial charge in [-0.25, -0.2) is 8.78 Å². The van der Waals surface area contributed by atoms with Gasteiger partial charge in [0.05, 0.1) is 43.3 Å². The Morgan fingerprint density at radius 3 is 2.18 bits per heavy atom. The van der Waals surface area contributed by atoms with Crippen LogP contribution in [0.25, 0.3) is 5.57 Å². The van der Waals surface area contributed by atoms with E-state index in [2.05, 4.69) is 10.6 Å². The SMILES string of the molecule is COc1cc(/C(=C/N(C)C)c2sc(C(=O)NC3CCN(C4CCN(c5ccc(C=O)c(CN(C)C6CCC(=O)NC6=O)c5)CC4(F)F)CC3)cc2C=O)cc(OC)c1CN(C)C. The smallest absolute Gasteiger partial charge is 0.280 e. The highest BCUT2D eigenvalue weighted by atomic mass is 32.1. The number of aldehydes is 2. The van der Waals surface area contributed by atoms with E-state index in [1.165, 1.54) is 11.3 Å². The van der Waals surface area contributed by atoms with Gasteiger partial charge < -0.3 is 29.5 Å². The molecule has 4 heterocycles. The van der Waals surface area contributed by atoms with Crippen LogP contribution in [-0.2, 0) is 22.7 Å². The monoisotopic (exact) mass is 877 g/mol. The lowest BCUT2D eigenvalue weighted by atomic mass is 9.94. The fraction of sp³-hybridized carbons (Fsp3) is 0.489. The topological polar surface area (TPSA) is 144 Å². The van der Waals surface area contributed by atoms with Gasteiger partial charge in [-0.05, 0) is 94.4 Å². The van der Waals surface area contributed by atoms with Crippen molar-refractivity contribution >= 4 is 52.9 Å². The fourth-order valence-corrected chi connectivity index (χ4v) is 9.74. The van der Waals surface area contributed by atoms with E-state index in [1.54, 1.807) is 55.3 Å². The van der Waals surface area contributed by atoms with Crippen molar-refractivity contribution in [2.75, 3.05) is 80.5 Å². The van der Waals surface area contributed by atoms with E-state index in [9.17, 15) is 24.0 Å². The summed E-state index contributed by atoms with van der Waals surface area (Å²) in [4.78, 5) is 72.3. The van der Waals surface area contributed by atoms with Crippen LogP contribution in [0.5, 0.6) is 11.5 Å². The summed E-state index contributed by atoms with van der Waals surface area (Å²) >= 11 is 1.21. The number of nitrogens with zero attached hydrogens (tertiary/aromatic N) is 5. The maximum atomic E-state index is 16.0. The molecule has 62 heavy (non-hydrogen) atoms. The molecule has 0 bridgehead atoms. The molecule has 2 unspecified atom stereocenters. The second-order valence-electron chi connectivity index (χ2n) is 16.8. The summed E-state index contributed by atoms with van der Waals surface area (Å²) in [7, 11) is 12.6. The second kappa shape index (κ2) is 19.9. The molecule has 3 amide bonds. The van der Waals surface area contributed by atoms with Crippen molar-refractivity contribution in [2.24, 2.45) is 0 Å². The largest absolute Gasteiger partial charge is 0.496 e. The fourth-order valence-electron chi connectivity index (χ4n) is 8.68. The number of benzene rings is 2. The summed E-state index contributed by atoms with van der Waals surface area (Å²) in [5.74, 6) is -2.83. The summed E-state index contributed by atoms with van der Waals surface area (Å²) in [6.07, 6.45) is 5.12. The minimum Gasteiger partial charge on any atom is -0.496 e. The second-order valence-corrected chi connectivity index (χ2v) is 17.8. The van der Waals surface area contributed by atoms with Crippen LogP contribution >= 0.6 is 11.3 Å². The Kier molecular flexibility index (Phi) is 14.8. The number of hydrogen-bond acceptors (Lipinski definition) is 13. The summed E-state index contributed by atoms with van der Waals surface area (Å²) in [5, 5.41) is 5.45. The van der Waals surface area contributed by atoms with Crippen molar-refractivity contribution < 1.29 is 42.2 Å². The molecule has 2 N–H and O–H groups in total. The van der Waals surface area contributed by atoms with E-state index in [4.69, 9.17) is 9.47 Å². The maximum absolute atomic E-state index is 16.0. The maximum Gasteiger partial charge on any atom is 0.280 e. The molecule has 1 aromatic heterocycles. The number of carbonyl (C=O) groups excluding carboxylic acids is 5. The molecule has 0 spiro atoms. The molecule has 2 atom stereocenters. The molecule has 3 saturated heterocycles. The number of amides is 3. The number of imide groups is 1. The van der Waals surface area contributed by atoms with Gasteiger partial charge in [-0.1, -0.05) is 0 Å². The molecule has 3 aliphatic rings. The molecule has 3 aliphatic heterocycles. The van der Waals surface area contributed by atoms with Crippen LogP contribution in [0.1, 0.15) is 84.1 Å².